The van der Waals surface area contributed by atoms with Crippen molar-refractivity contribution in [2.75, 3.05) is 20.3 Å². The van der Waals surface area contributed by atoms with Crippen molar-refractivity contribution in [1.29, 1.82) is 0 Å². The molecule has 0 saturated carbocycles. The molecule has 0 aliphatic carbocycles. The number of carbonyl (C=O) groups excluding carboxylic acids is 3. The van der Waals surface area contributed by atoms with Crippen molar-refractivity contribution in [2.45, 2.75) is 93.6 Å². The Balaban J connectivity index is 1.28. The normalized spacial score (nSPS) is 27.4. The van der Waals surface area contributed by atoms with Crippen LogP contribution in [0.1, 0.15) is 50.2 Å². The summed E-state index contributed by atoms with van der Waals surface area (Å²) in [5.74, 6) is -3.43. The first-order valence-electron chi connectivity index (χ1n) is 20.7. The minimum atomic E-state index is -2.67. The maximum atomic E-state index is 14.4. The van der Waals surface area contributed by atoms with Crippen molar-refractivity contribution in [1.82, 2.24) is 4.90 Å². The van der Waals surface area contributed by atoms with E-state index in [1.807, 2.05) is 60.7 Å². The van der Waals surface area contributed by atoms with Crippen LogP contribution in [0.2, 0.25) is 0 Å². The minimum absolute atomic E-state index is 0.0232. The lowest BCUT2D eigenvalue weighted by molar-refractivity contribution is -0.352. The van der Waals surface area contributed by atoms with Gasteiger partial charge in [-0.3, -0.25) is 24.1 Å². The van der Waals surface area contributed by atoms with Crippen LogP contribution in [0.4, 0.5) is 0 Å². The van der Waals surface area contributed by atoms with Crippen LogP contribution in [0.25, 0.3) is 10.4 Å². The third-order valence-electron chi connectivity index (χ3n) is 11.1. The molecule has 4 aromatic rings. The molecule has 4 aromatic carbocycles. The summed E-state index contributed by atoms with van der Waals surface area (Å²) in [5, 5.41) is 35.7. The highest BCUT2D eigenvalue weighted by Gasteiger charge is 2.59. The number of imide groups is 1. The van der Waals surface area contributed by atoms with Gasteiger partial charge in [0, 0.05) is 12.0 Å². The number of amides is 2. The maximum Gasteiger partial charge on any atom is 0.306 e. The molecule has 3 aliphatic rings. The molecule has 10 atom stereocenters. The summed E-state index contributed by atoms with van der Waals surface area (Å²) in [4.78, 5) is 56.7. The van der Waals surface area contributed by atoms with E-state index in [0.29, 0.717) is 5.56 Å². The Labute approximate surface area is 372 Å². The molecular formula is C46H48N4O15. The molecule has 2 saturated heterocycles. The number of fused-ring (bicyclic) bond motifs is 1. The highest BCUT2D eigenvalue weighted by molar-refractivity contribution is 6.21. The van der Waals surface area contributed by atoms with Gasteiger partial charge in [-0.15, -0.1) is 0 Å². The summed E-state index contributed by atoms with van der Waals surface area (Å²) in [6.45, 7) is -1.24. The van der Waals surface area contributed by atoms with Gasteiger partial charge >= 0.3 is 11.9 Å². The van der Waals surface area contributed by atoms with Gasteiger partial charge in [0.15, 0.2) is 12.6 Å². The smallest absolute Gasteiger partial charge is 0.306 e. The van der Waals surface area contributed by atoms with Crippen LogP contribution >= 0.6 is 0 Å². The van der Waals surface area contributed by atoms with Crippen LogP contribution in [0.15, 0.2) is 120 Å². The van der Waals surface area contributed by atoms with Gasteiger partial charge in [0.2, 0.25) is 5.72 Å². The van der Waals surface area contributed by atoms with E-state index in [1.54, 1.807) is 42.5 Å². The van der Waals surface area contributed by atoms with Gasteiger partial charge < -0.3 is 53.2 Å². The van der Waals surface area contributed by atoms with Crippen LogP contribution in [0, 0.1) is 0 Å². The lowest BCUT2D eigenvalue weighted by Crippen LogP contribution is -2.68. The summed E-state index contributed by atoms with van der Waals surface area (Å²) in [6.07, 6.45) is -12.7. The zero-order valence-electron chi connectivity index (χ0n) is 35.1. The fourth-order valence-corrected chi connectivity index (χ4v) is 7.91. The summed E-state index contributed by atoms with van der Waals surface area (Å²) < 4.78 is 49.6. The molecule has 3 N–H and O–H groups in total. The molecule has 19 heteroatoms. The monoisotopic (exact) mass is 896 g/mol. The van der Waals surface area contributed by atoms with Crippen molar-refractivity contribution in [3.05, 3.63) is 154 Å². The average Bonchev–Trinajstić information content (AvgIpc) is 3.57. The number of methoxy groups -OCH3 is 1. The molecule has 0 radical (unpaired) electrons. The largest absolute Gasteiger partial charge is 0.481 e. The van der Waals surface area contributed by atoms with Crippen molar-refractivity contribution in [3.63, 3.8) is 0 Å². The van der Waals surface area contributed by atoms with E-state index in [9.17, 15) is 40.0 Å². The number of carboxylic acids is 1. The minimum Gasteiger partial charge on any atom is -0.481 e. The number of carboxylic acid groups (broad SMARTS) is 1. The molecule has 0 bridgehead atoms. The number of azide groups is 1. The Bertz CT molecular complexity index is 2270. The number of ether oxygens (including phenoxy) is 8. The summed E-state index contributed by atoms with van der Waals surface area (Å²) >= 11 is 0. The molecule has 0 unspecified atom stereocenters. The van der Waals surface area contributed by atoms with E-state index >= 15 is 0 Å². The third kappa shape index (κ3) is 10.9. The first-order chi connectivity index (χ1) is 31.5. The van der Waals surface area contributed by atoms with Crippen LogP contribution in [0.5, 0.6) is 0 Å². The fourth-order valence-electron chi connectivity index (χ4n) is 7.91. The van der Waals surface area contributed by atoms with Gasteiger partial charge in [0.1, 0.15) is 49.3 Å². The Morgan fingerprint density at radius 3 is 1.71 bits per heavy atom. The number of nitrogens with zero attached hydrogens (tertiary/aromatic N) is 4. The van der Waals surface area contributed by atoms with Crippen molar-refractivity contribution in [3.8, 4) is 0 Å². The second-order valence-corrected chi connectivity index (χ2v) is 15.4. The molecule has 3 aliphatic heterocycles. The topological polar surface area (TPSA) is 255 Å². The average molecular weight is 897 g/mol. The van der Waals surface area contributed by atoms with E-state index in [2.05, 4.69) is 10.0 Å². The summed E-state index contributed by atoms with van der Waals surface area (Å²) in [5.41, 5.74) is 9.07. The summed E-state index contributed by atoms with van der Waals surface area (Å²) in [6, 6.07) is 31.9. The number of aliphatic hydroxyl groups is 2. The van der Waals surface area contributed by atoms with Crippen LogP contribution in [-0.2, 0) is 67.3 Å². The van der Waals surface area contributed by atoms with Crippen molar-refractivity contribution < 1.29 is 72.4 Å². The molecule has 7 rings (SSSR count). The molecule has 0 spiro atoms. The van der Waals surface area contributed by atoms with Crippen LogP contribution in [0.3, 0.4) is 0 Å². The SMILES string of the molecule is CO[C@@H]1O[C@H](CO[C@@H]2O[C@H](COC(=O)CCC(=O)O)[C@@H](OCc3ccccc3)[C@H](OCc3ccccc3)[C@H]2N2C(=O)c3ccccc3C2=O)[C@H](OCc2ccccc2)[C@H](O)[C@]1(O)N=[N+]=[N-]. The number of aliphatic hydroxyl groups excluding tert-OH is 1. The van der Waals surface area contributed by atoms with E-state index in [0.717, 1.165) is 23.1 Å². The molecule has 3 heterocycles. The van der Waals surface area contributed by atoms with Crippen LogP contribution in [-0.4, -0.2) is 125 Å². The van der Waals surface area contributed by atoms with Gasteiger partial charge in [-0.05, 0) is 34.4 Å². The number of benzene rings is 4. The number of hydrogen-bond donors (Lipinski definition) is 3. The lowest BCUT2D eigenvalue weighted by atomic mass is 9.93. The number of hydrogen-bond acceptors (Lipinski definition) is 15. The fraction of sp³-hybridized carbons (Fsp3) is 0.391. The highest BCUT2D eigenvalue weighted by Crippen LogP contribution is 2.38. The molecular weight excluding hydrogens is 849 g/mol. The third-order valence-corrected chi connectivity index (χ3v) is 11.1. The van der Waals surface area contributed by atoms with Crippen molar-refractivity contribution >= 4 is 23.8 Å². The number of esters is 1. The van der Waals surface area contributed by atoms with E-state index < -0.39 is 111 Å². The quantitative estimate of drug-likeness (QED) is 0.0368. The van der Waals surface area contributed by atoms with Gasteiger partial charge in [0.05, 0.1) is 50.4 Å². The second kappa shape index (κ2) is 21.7. The molecule has 0 aromatic heterocycles. The van der Waals surface area contributed by atoms with Gasteiger partial charge in [0.25, 0.3) is 11.8 Å². The number of rotatable bonds is 20. The number of carbonyl (C=O) groups is 4. The van der Waals surface area contributed by atoms with Gasteiger partial charge in [-0.1, -0.05) is 108 Å². The maximum absolute atomic E-state index is 14.4. The first kappa shape index (κ1) is 46.9. The molecule has 342 valence electrons. The molecule has 2 fully saturated rings. The Morgan fingerprint density at radius 1 is 0.708 bits per heavy atom. The van der Waals surface area contributed by atoms with Gasteiger partial charge in [-0.25, -0.2) is 0 Å². The van der Waals surface area contributed by atoms with E-state index in [-0.39, 0.29) is 30.9 Å². The number of aliphatic carboxylic acids is 1. The van der Waals surface area contributed by atoms with E-state index in [1.165, 1.54) is 12.1 Å². The molecule has 19 nitrogen and oxygen atoms in total. The zero-order valence-corrected chi connectivity index (χ0v) is 35.1. The molecule has 2 amide bonds. The van der Waals surface area contributed by atoms with E-state index in [4.69, 9.17) is 37.9 Å². The highest BCUT2D eigenvalue weighted by atomic mass is 16.7. The van der Waals surface area contributed by atoms with Crippen molar-refractivity contribution in [2.24, 2.45) is 5.11 Å². The molecule has 65 heavy (non-hydrogen) atoms. The first-order valence-corrected chi connectivity index (χ1v) is 20.7. The Morgan fingerprint density at radius 2 is 1.20 bits per heavy atom. The predicted octanol–water partition coefficient (Wildman–Crippen LogP) is 4.29. The van der Waals surface area contributed by atoms with Crippen LogP contribution < -0.4 is 0 Å². The predicted molar refractivity (Wildman–Crippen MR) is 224 cm³/mol. The standard InChI is InChI=1S/C46H48N4O15/c1-58-45-46(57,48-49-47)41(54)39(61-24-29-15-7-3-8-16-29)34(65-45)27-63-44-37(50-42(55)31-19-11-12-20-32(31)43(50)56)40(62-25-30-17-9-4-10-18-30)38(60-23-28-13-5-2-6-14-28)33(64-44)26-59-36(53)22-21-35(51)52/h2-20,33-34,37-41,44-45,54,57H,21-27H2,1H3,(H,51,52)/t33-,34-,37-,38-,39+,40-,41+,44-,45-,46-/m1/s1. The van der Waals surface area contributed by atoms with Gasteiger partial charge in [-0.2, -0.15) is 0 Å². The summed E-state index contributed by atoms with van der Waals surface area (Å²) in [7, 11) is 1.16. The Hall–Kier alpha value is -6.09. The Kier molecular flexibility index (Phi) is 15.7. The lowest BCUT2D eigenvalue weighted by Gasteiger charge is -2.49. The zero-order chi connectivity index (χ0) is 45.9. The second-order valence-electron chi connectivity index (χ2n) is 15.4.